The molecular weight excluding hydrogens is 350 g/mol. The number of aromatic nitrogens is 2. The fraction of sp³-hybridized carbons (Fsp3) is 0.130. The van der Waals surface area contributed by atoms with Crippen molar-refractivity contribution < 1.29 is 9.53 Å². The van der Waals surface area contributed by atoms with Crippen molar-refractivity contribution in [1.82, 2.24) is 15.3 Å². The van der Waals surface area contributed by atoms with Gasteiger partial charge in [0.15, 0.2) is 0 Å². The van der Waals surface area contributed by atoms with Crippen LogP contribution in [0.3, 0.4) is 0 Å². The zero-order chi connectivity index (χ0) is 19.2. The molecule has 0 aliphatic carbocycles. The number of para-hydroxylation sites is 3. The number of nitrogens with zero attached hydrogens (tertiary/aromatic N) is 1. The number of ether oxygens (including phenoxy) is 1. The van der Waals surface area contributed by atoms with Crippen molar-refractivity contribution in [2.75, 3.05) is 6.54 Å². The summed E-state index contributed by atoms with van der Waals surface area (Å²) in [6, 6.07) is 25.0. The molecule has 140 valence electrons. The van der Waals surface area contributed by atoms with Crippen LogP contribution in [0.1, 0.15) is 21.7 Å². The summed E-state index contributed by atoms with van der Waals surface area (Å²) in [6.07, 6.45) is 0.642. The molecule has 2 N–H and O–H groups in total. The van der Waals surface area contributed by atoms with Crippen LogP contribution < -0.4 is 10.1 Å². The highest BCUT2D eigenvalue weighted by molar-refractivity contribution is 5.95. The molecule has 0 saturated heterocycles. The summed E-state index contributed by atoms with van der Waals surface area (Å²) in [7, 11) is 0. The van der Waals surface area contributed by atoms with Crippen LogP contribution in [0, 0.1) is 0 Å². The third kappa shape index (κ3) is 4.20. The van der Waals surface area contributed by atoms with E-state index in [9.17, 15) is 4.79 Å². The van der Waals surface area contributed by atoms with Gasteiger partial charge in [-0.05, 0) is 30.3 Å². The molecule has 0 fully saturated rings. The number of H-pyrrole nitrogens is 1. The minimum Gasteiger partial charge on any atom is -0.489 e. The van der Waals surface area contributed by atoms with E-state index < -0.39 is 0 Å². The number of fused-ring (bicyclic) bond motifs is 1. The van der Waals surface area contributed by atoms with Crippen molar-refractivity contribution in [2.24, 2.45) is 0 Å². The standard InChI is InChI=1S/C23H21N3O2/c27-23(24-15-14-22-25-20-12-6-7-13-21(20)26-22)19-11-5-4-8-17(19)16-28-18-9-2-1-3-10-18/h1-13H,14-16H2,(H,24,27)(H,25,26). The summed E-state index contributed by atoms with van der Waals surface area (Å²) < 4.78 is 5.80. The van der Waals surface area contributed by atoms with Crippen LogP contribution in [0.25, 0.3) is 11.0 Å². The fourth-order valence-electron chi connectivity index (χ4n) is 3.06. The van der Waals surface area contributed by atoms with E-state index in [0.29, 0.717) is 25.1 Å². The molecule has 0 aliphatic heterocycles. The Morgan fingerprint density at radius 1 is 0.929 bits per heavy atom. The Balaban J connectivity index is 1.36. The quantitative estimate of drug-likeness (QED) is 0.514. The molecule has 1 heterocycles. The monoisotopic (exact) mass is 371 g/mol. The van der Waals surface area contributed by atoms with Crippen molar-refractivity contribution >= 4 is 16.9 Å². The first-order valence-corrected chi connectivity index (χ1v) is 9.27. The maximum atomic E-state index is 12.6. The largest absolute Gasteiger partial charge is 0.489 e. The van der Waals surface area contributed by atoms with Gasteiger partial charge in [-0.3, -0.25) is 4.79 Å². The number of carbonyl (C=O) groups is 1. The average Bonchev–Trinajstić information content (AvgIpc) is 3.16. The van der Waals surface area contributed by atoms with Crippen LogP contribution in [0.2, 0.25) is 0 Å². The van der Waals surface area contributed by atoms with Gasteiger partial charge in [0, 0.05) is 24.1 Å². The van der Waals surface area contributed by atoms with E-state index in [1.807, 2.05) is 78.9 Å². The van der Waals surface area contributed by atoms with Crippen LogP contribution in [0.15, 0.2) is 78.9 Å². The van der Waals surface area contributed by atoms with Gasteiger partial charge in [0.25, 0.3) is 5.91 Å². The normalized spacial score (nSPS) is 10.7. The van der Waals surface area contributed by atoms with Crippen molar-refractivity contribution in [3.63, 3.8) is 0 Å². The fourth-order valence-corrected chi connectivity index (χ4v) is 3.06. The molecule has 5 nitrogen and oxygen atoms in total. The molecule has 4 aromatic rings. The number of hydrogen-bond acceptors (Lipinski definition) is 3. The highest BCUT2D eigenvalue weighted by Gasteiger charge is 2.11. The van der Waals surface area contributed by atoms with Gasteiger partial charge >= 0.3 is 0 Å². The van der Waals surface area contributed by atoms with Crippen LogP contribution in [-0.4, -0.2) is 22.4 Å². The van der Waals surface area contributed by atoms with Crippen molar-refractivity contribution in [1.29, 1.82) is 0 Å². The third-order valence-corrected chi connectivity index (χ3v) is 4.49. The summed E-state index contributed by atoms with van der Waals surface area (Å²) in [5.74, 6) is 1.54. The van der Waals surface area contributed by atoms with Gasteiger partial charge in [-0.2, -0.15) is 0 Å². The van der Waals surface area contributed by atoms with E-state index in [1.54, 1.807) is 0 Å². The highest BCUT2D eigenvalue weighted by Crippen LogP contribution is 2.15. The van der Waals surface area contributed by atoms with Crippen molar-refractivity contribution in [3.8, 4) is 5.75 Å². The molecule has 4 rings (SSSR count). The number of nitrogens with one attached hydrogen (secondary N) is 2. The molecule has 1 amide bonds. The molecule has 3 aromatic carbocycles. The van der Waals surface area contributed by atoms with E-state index in [0.717, 1.165) is 28.2 Å². The minimum absolute atomic E-state index is 0.108. The molecule has 0 radical (unpaired) electrons. The Hall–Kier alpha value is -3.60. The number of aromatic amines is 1. The van der Waals surface area contributed by atoms with Gasteiger partial charge in [-0.15, -0.1) is 0 Å². The van der Waals surface area contributed by atoms with Gasteiger partial charge in [0.1, 0.15) is 18.2 Å². The number of rotatable bonds is 7. The zero-order valence-electron chi connectivity index (χ0n) is 15.4. The van der Waals surface area contributed by atoms with Crippen LogP contribution >= 0.6 is 0 Å². The summed E-state index contributed by atoms with van der Waals surface area (Å²) >= 11 is 0. The average molecular weight is 371 g/mol. The second-order valence-corrected chi connectivity index (χ2v) is 6.47. The lowest BCUT2D eigenvalue weighted by molar-refractivity contribution is 0.0951. The first-order valence-electron chi connectivity index (χ1n) is 9.27. The molecule has 28 heavy (non-hydrogen) atoms. The Labute approximate surface area is 163 Å². The molecular formula is C23H21N3O2. The van der Waals surface area contributed by atoms with E-state index in [4.69, 9.17) is 4.74 Å². The molecule has 0 spiro atoms. The van der Waals surface area contributed by atoms with Crippen LogP contribution in [0.5, 0.6) is 5.75 Å². The maximum Gasteiger partial charge on any atom is 0.251 e. The van der Waals surface area contributed by atoms with Gasteiger partial charge in [0.2, 0.25) is 0 Å². The summed E-state index contributed by atoms with van der Waals surface area (Å²) in [5, 5.41) is 2.98. The lowest BCUT2D eigenvalue weighted by Gasteiger charge is -2.11. The number of hydrogen-bond donors (Lipinski definition) is 2. The number of imidazole rings is 1. The smallest absolute Gasteiger partial charge is 0.251 e. The van der Waals surface area contributed by atoms with E-state index in [2.05, 4.69) is 15.3 Å². The molecule has 1 aromatic heterocycles. The topological polar surface area (TPSA) is 67.0 Å². The van der Waals surface area contributed by atoms with E-state index in [1.165, 1.54) is 0 Å². The van der Waals surface area contributed by atoms with E-state index in [-0.39, 0.29) is 5.91 Å². The van der Waals surface area contributed by atoms with Crippen LogP contribution in [0.4, 0.5) is 0 Å². The third-order valence-electron chi connectivity index (χ3n) is 4.49. The number of benzene rings is 3. The predicted molar refractivity (Wildman–Crippen MR) is 109 cm³/mol. The number of amides is 1. The molecule has 0 unspecified atom stereocenters. The maximum absolute atomic E-state index is 12.6. The number of carbonyl (C=O) groups excluding carboxylic acids is 1. The minimum atomic E-state index is -0.108. The van der Waals surface area contributed by atoms with Crippen LogP contribution in [-0.2, 0) is 13.0 Å². The van der Waals surface area contributed by atoms with Gasteiger partial charge in [-0.25, -0.2) is 4.98 Å². The van der Waals surface area contributed by atoms with Gasteiger partial charge < -0.3 is 15.0 Å². The lowest BCUT2D eigenvalue weighted by atomic mass is 10.1. The molecule has 0 saturated carbocycles. The summed E-state index contributed by atoms with van der Waals surface area (Å²) in [5.41, 5.74) is 3.43. The molecule has 0 atom stereocenters. The molecule has 0 aliphatic rings. The summed E-state index contributed by atoms with van der Waals surface area (Å²) in [4.78, 5) is 20.5. The Morgan fingerprint density at radius 3 is 2.54 bits per heavy atom. The summed E-state index contributed by atoms with van der Waals surface area (Å²) in [6.45, 7) is 0.851. The van der Waals surface area contributed by atoms with Gasteiger partial charge in [-0.1, -0.05) is 48.5 Å². The highest BCUT2D eigenvalue weighted by atomic mass is 16.5. The lowest BCUT2D eigenvalue weighted by Crippen LogP contribution is -2.27. The molecule has 0 bridgehead atoms. The second-order valence-electron chi connectivity index (χ2n) is 6.47. The van der Waals surface area contributed by atoms with Gasteiger partial charge in [0.05, 0.1) is 11.0 Å². The van der Waals surface area contributed by atoms with Crippen molar-refractivity contribution in [2.45, 2.75) is 13.0 Å². The SMILES string of the molecule is O=C(NCCc1nc2ccccc2[nH]1)c1ccccc1COc1ccccc1. The first-order chi connectivity index (χ1) is 13.8. The first kappa shape index (κ1) is 17.8. The Kier molecular flexibility index (Phi) is 5.33. The second kappa shape index (κ2) is 8.39. The zero-order valence-corrected chi connectivity index (χ0v) is 15.4. The predicted octanol–water partition coefficient (Wildman–Crippen LogP) is 4.11. The Morgan fingerprint density at radius 2 is 1.68 bits per heavy atom. The van der Waals surface area contributed by atoms with E-state index >= 15 is 0 Å². The molecule has 5 heteroatoms. The van der Waals surface area contributed by atoms with Crippen molar-refractivity contribution in [3.05, 3.63) is 95.8 Å². The Bertz CT molecular complexity index is 1040.